The van der Waals surface area contributed by atoms with E-state index in [1.807, 2.05) is 33.4 Å². The fourth-order valence-electron chi connectivity index (χ4n) is 2.86. The summed E-state index contributed by atoms with van der Waals surface area (Å²) in [5, 5.41) is 0. The Balaban J connectivity index is 0.00000312. The summed E-state index contributed by atoms with van der Waals surface area (Å²) in [5.74, 6) is 0.373. The molecule has 7 heteroatoms. The molecule has 0 atom stereocenters. The molecule has 0 aliphatic rings. The number of fused-ring (bicyclic) bond motifs is 1. The second-order valence-electron chi connectivity index (χ2n) is 5.44. The van der Waals surface area contributed by atoms with Crippen LogP contribution in [0.15, 0.2) is 24.3 Å². The van der Waals surface area contributed by atoms with E-state index in [1.54, 1.807) is 13.8 Å². The molecule has 1 heterocycles. The fourth-order valence-corrected chi connectivity index (χ4v) is 2.86. The molecular formula is C18H25ClN2O4. The number of nitrogens with zero attached hydrogens (tertiary/aromatic N) is 2. The average molecular weight is 369 g/mol. The lowest BCUT2D eigenvalue weighted by molar-refractivity contribution is -0.668. The number of carbonyl (C=O) groups is 2. The number of hydrogen-bond donors (Lipinski definition) is 0. The maximum absolute atomic E-state index is 12.0. The van der Waals surface area contributed by atoms with Crippen LogP contribution in [0.5, 0.6) is 0 Å². The molecule has 0 amide bonds. The van der Waals surface area contributed by atoms with Crippen LogP contribution in [0, 0.1) is 0 Å². The van der Waals surface area contributed by atoms with Crippen LogP contribution in [0.4, 0.5) is 0 Å². The van der Waals surface area contributed by atoms with Crippen LogP contribution in [-0.2, 0) is 38.6 Å². The molecule has 138 valence electrons. The van der Waals surface area contributed by atoms with Crippen molar-refractivity contribution in [2.24, 2.45) is 0 Å². The second-order valence-corrected chi connectivity index (χ2v) is 5.44. The van der Waals surface area contributed by atoms with Gasteiger partial charge in [0.2, 0.25) is 0 Å². The second kappa shape index (κ2) is 10.0. The van der Waals surface area contributed by atoms with Crippen molar-refractivity contribution in [3.05, 3.63) is 30.1 Å². The predicted octanol–water partition coefficient (Wildman–Crippen LogP) is -0.988. The summed E-state index contributed by atoms with van der Waals surface area (Å²) in [7, 11) is 0. The van der Waals surface area contributed by atoms with E-state index in [1.165, 1.54) is 0 Å². The summed E-state index contributed by atoms with van der Waals surface area (Å²) in [6.07, 6.45) is 1.66. The van der Waals surface area contributed by atoms with Crippen molar-refractivity contribution in [2.75, 3.05) is 13.2 Å². The zero-order valence-electron chi connectivity index (χ0n) is 15.0. The monoisotopic (exact) mass is 368 g/mol. The SMILES string of the molecule is CCCc1n(CC(=O)OCC)c2ccccc2[n+]1CC(=O)OCC.[Cl-]. The number of rotatable bonds is 8. The van der Waals surface area contributed by atoms with Gasteiger partial charge in [-0.3, -0.25) is 0 Å². The van der Waals surface area contributed by atoms with Crippen LogP contribution in [0.25, 0.3) is 11.0 Å². The number of benzene rings is 1. The lowest BCUT2D eigenvalue weighted by Gasteiger charge is -2.05. The summed E-state index contributed by atoms with van der Waals surface area (Å²) in [5.41, 5.74) is 1.83. The standard InChI is InChI=1S/C18H25N2O4.ClH/c1-4-9-16-19(12-17(21)23-5-2)14-10-7-8-11-15(14)20(16)13-18(22)24-6-3;/h7-8,10-11H,4-6,9,12-13H2,1-3H3;1H/q+1;/p-1. The smallest absolute Gasteiger partial charge is 0.348 e. The van der Waals surface area contributed by atoms with Crippen LogP contribution in [-0.4, -0.2) is 29.7 Å². The van der Waals surface area contributed by atoms with Gasteiger partial charge in [-0.15, -0.1) is 0 Å². The summed E-state index contributed by atoms with van der Waals surface area (Å²) in [6.45, 7) is 6.63. The van der Waals surface area contributed by atoms with Crippen molar-refractivity contribution in [2.45, 2.75) is 46.7 Å². The average Bonchev–Trinajstić information content (AvgIpc) is 2.83. The number of imidazole rings is 1. The van der Waals surface area contributed by atoms with Crippen LogP contribution in [0.2, 0.25) is 0 Å². The van der Waals surface area contributed by atoms with Gasteiger partial charge < -0.3 is 21.9 Å². The highest BCUT2D eigenvalue weighted by atomic mass is 35.5. The number of para-hydroxylation sites is 2. The van der Waals surface area contributed by atoms with Gasteiger partial charge in [-0.05, 0) is 32.4 Å². The first-order chi connectivity index (χ1) is 11.6. The first-order valence-electron chi connectivity index (χ1n) is 8.43. The highest BCUT2D eigenvalue weighted by molar-refractivity contribution is 5.77. The van der Waals surface area contributed by atoms with Crippen molar-refractivity contribution in [3.63, 3.8) is 0 Å². The third-order valence-corrected chi connectivity index (χ3v) is 3.75. The third kappa shape index (κ3) is 4.95. The van der Waals surface area contributed by atoms with Crippen LogP contribution < -0.4 is 17.0 Å². The van der Waals surface area contributed by atoms with Crippen molar-refractivity contribution in [1.82, 2.24) is 4.57 Å². The molecule has 0 saturated heterocycles. The number of esters is 2. The van der Waals surface area contributed by atoms with Crippen LogP contribution >= 0.6 is 0 Å². The molecule has 0 saturated carbocycles. The summed E-state index contributed by atoms with van der Waals surface area (Å²) >= 11 is 0. The van der Waals surface area contributed by atoms with Gasteiger partial charge in [0.1, 0.15) is 0 Å². The molecule has 0 spiro atoms. The Hall–Kier alpha value is -2.08. The minimum absolute atomic E-state index is 0. The minimum Gasteiger partial charge on any atom is -1.00 e. The Morgan fingerprint density at radius 1 is 1.04 bits per heavy atom. The number of hydrogen-bond acceptors (Lipinski definition) is 4. The van der Waals surface area contributed by atoms with E-state index in [0.717, 1.165) is 29.7 Å². The fraction of sp³-hybridized carbons (Fsp3) is 0.500. The van der Waals surface area contributed by atoms with Gasteiger partial charge in [0.25, 0.3) is 5.82 Å². The molecule has 0 unspecified atom stereocenters. The van der Waals surface area contributed by atoms with Crippen LogP contribution in [0.1, 0.15) is 33.0 Å². The van der Waals surface area contributed by atoms with Gasteiger partial charge in [-0.25, -0.2) is 18.7 Å². The zero-order chi connectivity index (χ0) is 17.5. The molecule has 2 rings (SSSR count). The van der Waals surface area contributed by atoms with E-state index in [0.29, 0.717) is 13.2 Å². The topological polar surface area (TPSA) is 61.4 Å². The molecule has 1 aromatic carbocycles. The first kappa shape index (κ1) is 21.0. The Morgan fingerprint density at radius 2 is 1.68 bits per heavy atom. The molecule has 0 aliphatic heterocycles. The maximum atomic E-state index is 12.0. The molecule has 1 aromatic heterocycles. The van der Waals surface area contributed by atoms with Crippen molar-refractivity contribution in [1.29, 1.82) is 0 Å². The number of halogens is 1. The van der Waals surface area contributed by atoms with Crippen molar-refractivity contribution < 1.29 is 36.0 Å². The highest BCUT2D eigenvalue weighted by Crippen LogP contribution is 2.16. The lowest BCUT2D eigenvalue weighted by atomic mass is 10.3. The van der Waals surface area contributed by atoms with E-state index in [4.69, 9.17) is 9.47 Å². The quantitative estimate of drug-likeness (QED) is 0.443. The van der Waals surface area contributed by atoms with Crippen molar-refractivity contribution in [3.8, 4) is 0 Å². The zero-order valence-corrected chi connectivity index (χ0v) is 15.7. The maximum Gasteiger partial charge on any atom is 0.348 e. The number of aromatic nitrogens is 2. The molecule has 0 radical (unpaired) electrons. The van der Waals surface area contributed by atoms with Gasteiger partial charge in [-0.2, -0.15) is 0 Å². The van der Waals surface area contributed by atoms with E-state index in [-0.39, 0.29) is 37.4 Å². The Kier molecular flexibility index (Phi) is 8.41. The molecule has 0 fully saturated rings. The van der Waals surface area contributed by atoms with Gasteiger partial charge in [0.15, 0.2) is 24.1 Å². The summed E-state index contributed by atoms with van der Waals surface area (Å²) < 4.78 is 14.1. The van der Waals surface area contributed by atoms with Gasteiger partial charge in [-0.1, -0.05) is 19.1 Å². The predicted molar refractivity (Wildman–Crippen MR) is 89.4 cm³/mol. The lowest BCUT2D eigenvalue weighted by Crippen LogP contribution is -3.00. The van der Waals surface area contributed by atoms with Gasteiger partial charge in [0, 0.05) is 6.42 Å². The Bertz CT molecular complexity index is 670. The first-order valence-corrected chi connectivity index (χ1v) is 8.43. The molecule has 2 aromatic rings. The minimum atomic E-state index is -0.279. The molecule has 25 heavy (non-hydrogen) atoms. The summed E-state index contributed by atoms with van der Waals surface area (Å²) in [6, 6.07) is 7.76. The van der Waals surface area contributed by atoms with E-state index in [9.17, 15) is 9.59 Å². The molecule has 0 N–H and O–H groups in total. The molecule has 6 nitrogen and oxygen atoms in total. The number of ether oxygens (including phenoxy) is 2. The highest BCUT2D eigenvalue weighted by Gasteiger charge is 2.27. The number of carbonyl (C=O) groups excluding carboxylic acids is 2. The van der Waals surface area contributed by atoms with E-state index >= 15 is 0 Å². The Morgan fingerprint density at radius 3 is 2.32 bits per heavy atom. The Labute approximate surface area is 154 Å². The van der Waals surface area contributed by atoms with E-state index in [2.05, 4.69) is 6.92 Å². The normalized spacial score (nSPS) is 10.4. The molecule has 0 aliphatic carbocycles. The van der Waals surface area contributed by atoms with Crippen LogP contribution in [0.3, 0.4) is 0 Å². The van der Waals surface area contributed by atoms with Gasteiger partial charge >= 0.3 is 11.9 Å². The third-order valence-electron chi connectivity index (χ3n) is 3.75. The summed E-state index contributed by atoms with van der Waals surface area (Å²) in [4.78, 5) is 24.0. The molecular weight excluding hydrogens is 344 g/mol. The van der Waals surface area contributed by atoms with Gasteiger partial charge in [0.05, 0.1) is 13.2 Å². The van der Waals surface area contributed by atoms with E-state index < -0.39 is 0 Å². The van der Waals surface area contributed by atoms with Crippen molar-refractivity contribution >= 4 is 23.0 Å². The largest absolute Gasteiger partial charge is 1.00 e. The molecule has 0 bridgehead atoms.